The molecule has 1 saturated carbocycles. The van der Waals surface area contributed by atoms with Crippen LogP contribution in [0.3, 0.4) is 0 Å². The zero-order valence-corrected chi connectivity index (χ0v) is 27.4. The number of carbonyl (C=O) groups is 2. The highest BCUT2D eigenvalue weighted by Gasteiger charge is 2.44. The standard InChI is InChI=1S/C34H36F3N9O5/c1-20-15-42-46(17-20)25-14-24(28(48)29(25)49)45-19-41-27-30(40-16-23(21-8-4-2-5-9-21)22-10-6-3-7-11-22)43-33(44-31(27)45)39-13-12-38-26(47)18-51-32(50)34(35,36)37/h2-11,15,17,19,23-25,28-29,48-49H,12-14,16,18H2,1H3,(H,38,47)(H2,39,40,43,44)/t24-,25+,28+,29-/m1/s1. The number of aryl methyl sites for hydroxylation is 1. The number of aliphatic hydroxyl groups excluding tert-OH is 2. The van der Waals surface area contributed by atoms with Gasteiger partial charge in [0.25, 0.3) is 5.91 Å². The first kappa shape index (κ1) is 35.3. The molecule has 17 heteroatoms. The minimum atomic E-state index is -5.20. The zero-order valence-electron chi connectivity index (χ0n) is 27.4. The lowest BCUT2D eigenvalue weighted by Crippen LogP contribution is -2.35. The fourth-order valence-corrected chi connectivity index (χ4v) is 6.14. The molecular formula is C34H36F3N9O5. The van der Waals surface area contributed by atoms with Crippen LogP contribution in [-0.2, 0) is 14.3 Å². The second kappa shape index (κ2) is 15.1. The number of fused-ring (bicyclic) bond motifs is 1. The molecule has 3 heterocycles. The molecule has 0 bridgehead atoms. The maximum absolute atomic E-state index is 12.4. The van der Waals surface area contributed by atoms with Crippen LogP contribution >= 0.6 is 0 Å². The number of amides is 1. The number of aliphatic hydroxyl groups is 2. The van der Waals surface area contributed by atoms with Crippen LogP contribution < -0.4 is 16.0 Å². The monoisotopic (exact) mass is 707 g/mol. The van der Waals surface area contributed by atoms with Crippen molar-refractivity contribution in [2.75, 3.05) is 36.9 Å². The summed E-state index contributed by atoms with van der Waals surface area (Å²) in [5.41, 5.74) is 3.84. The van der Waals surface area contributed by atoms with Crippen molar-refractivity contribution in [1.29, 1.82) is 0 Å². The van der Waals surface area contributed by atoms with Gasteiger partial charge >= 0.3 is 12.1 Å². The zero-order chi connectivity index (χ0) is 36.1. The van der Waals surface area contributed by atoms with Gasteiger partial charge in [-0.1, -0.05) is 60.7 Å². The number of halogens is 3. The van der Waals surface area contributed by atoms with Crippen molar-refractivity contribution in [2.24, 2.45) is 0 Å². The lowest BCUT2D eigenvalue weighted by atomic mass is 9.91. The molecule has 0 saturated heterocycles. The number of carbonyl (C=O) groups excluding carboxylic acids is 2. The van der Waals surface area contributed by atoms with E-state index in [9.17, 15) is 33.0 Å². The second-order valence-electron chi connectivity index (χ2n) is 12.2. The van der Waals surface area contributed by atoms with Gasteiger partial charge in [0.05, 0.1) is 24.6 Å². The summed E-state index contributed by atoms with van der Waals surface area (Å²) in [7, 11) is 0. The van der Waals surface area contributed by atoms with Crippen LogP contribution in [0.1, 0.15) is 41.1 Å². The summed E-state index contributed by atoms with van der Waals surface area (Å²) in [6.45, 7) is 1.21. The molecular weight excluding hydrogens is 671 g/mol. The number of nitrogens with zero attached hydrogens (tertiary/aromatic N) is 6. The van der Waals surface area contributed by atoms with E-state index in [1.165, 1.54) is 0 Å². The highest BCUT2D eigenvalue weighted by molar-refractivity contribution is 5.85. The normalized spacial score (nSPS) is 19.0. The molecule has 14 nitrogen and oxygen atoms in total. The molecule has 6 rings (SSSR count). The number of benzene rings is 2. The molecule has 1 aliphatic carbocycles. The van der Waals surface area contributed by atoms with E-state index in [2.05, 4.69) is 40.7 Å². The molecule has 0 aliphatic heterocycles. The Labute approximate surface area is 289 Å². The Bertz CT molecular complexity index is 1920. The summed E-state index contributed by atoms with van der Waals surface area (Å²) in [5.74, 6) is -2.93. The van der Waals surface area contributed by atoms with Crippen molar-refractivity contribution >= 4 is 34.8 Å². The quantitative estimate of drug-likeness (QED) is 0.0896. The van der Waals surface area contributed by atoms with Crippen molar-refractivity contribution in [3.8, 4) is 0 Å². The number of esters is 1. The molecule has 1 amide bonds. The highest BCUT2D eigenvalue weighted by Crippen LogP contribution is 2.40. The van der Waals surface area contributed by atoms with Gasteiger partial charge in [0.2, 0.25) is 5.95 Å². The Balaban J connectivity index is 1.25. The molecule has 0 radical (unpaired) electrons. The molecule has 5 N–H and O–H groups in total. The van der Waals surface area contributed by atoms with Crippen LogP contribution in [0.4, 0.5) is 24.9 Å². The highest BCUT2D eigenvalue weighted by atomic mass is 19.4. The van der Waals surface area contributed by atoms with Gasteiger partial charge in [-0.2, -0.15) is 28.2 Å². The van der Waals surface area contributed by atoms with E-state index in [0.717, 1.165) is 16.7 Å². The Morgan fingerprint density at radius 2 is 1.63 bits per heavy atom. The third-order valence-corrected chi connectivity index (χ3v) is 8.64. The second-order valence-corrected chi connectivity index (χ2v) is 12.2. The minimum Gasteiger partial charge on any atom is -0.449 e. The van der Waals surface area contributed by atoms with Crippen molar-refractivity contribution in [2.45, 2.75) is 49.7 Å². The van der Waals surface area contributed by atoms with Gasteiger partial charge in [-0.25, -0.2) is 9.78 Å². The van der Waals surface area contributed by atoms with Crippen LogP contribution in [0.25, 0.3) is 11.2 Å². The van der Waals surface area contributed by atoms with Gasteiger partial charge in [-0.05, 0) is 30.0 Å². The van der Waals surface area contributed by atoms with Gasteiger partial charge in [-0.15, -0.1) is 0 Å². The number of nitrogens with one attached hydrogen (secondary N) is 3. The van der Waals surface area contributed by atoms with E-state index in [-0.39, 0.29) is 25.0 Å². The number of hydrogen-bond acceptors (Lipinski definition) is 11. The van der Waals surface area contributed by atoms with Crippen molar-refractivity contribution in [3.63, 3.8) is 0 Å². The molecule has 2 aromatic carbocycles. The Hall–Kier alpha value is -5.55. The Morgan fingerprint density at radius 3 is 2.25 bits per heavy atom. The van der Waals surface area contributed by atoms with E-state index >= 15 is 0 Å². The van der Waals surface area contributed by atoms with E-state index < -0.39 is 49.0 Å². The Morgan fingerprint density at radius 1 is 0.961 bits per heavy atom. The molecule has 5 aromatic rings. The summed E-state index contributed by atoms with van der Waals surface area (Å²) < 4.78 is 44.5. The number of hydrogen-bond donors (Lipinski definition) is 5. The molecule has 1 aliphatic rings. The van der Waals surface area contributed by atoms with Gasteiger partial charge < -0.3 is 35.5 Å². The maximum atomic E-state index is 12.4. The van der Waals surface area contributed by atoms with Crippen LogP contribution in [-0.4, -0.2) is 96.0 Å². The molecule has 0 spiro atoms. The molecule has 0 unspecified atom stereocenters. The van der Waals surface area contributed by atoms with E-state index in [4.69, 9.17) is 0 Å². The van der Waals surface area contributed by atoms with Crippen LogP contribution in [0.2, 0.25) is 0 Å². The molecule has 268 valence electrons. The smallest absolute Gasteiger partial charge is 0.449 e. The van der Waals surface area contributed by atoms with Crippen LogP contribution in [0, 0.1) is 6.92 Å². The average molecular weight is 708 g/mol. The number of rotatable bonds is 13. The summed E-state index contributed by atoms with van der Waals surface area (Å²) in [6.07, 6.45) is -2.13. The summed E-state index contributed by atoms with van der Waals surface area (Å²) in [5, 5.41) is 35.3. The first-order chi connectivity index (χ1) is 24.5. The molecule has 3 aromatic heterocycles. The molecule has 4 atom stereocenters. The molecule has 1 fully saturated rings. The van der Waals surface area contributed by atoms with Crippen LogP contribution in [0.15, 0.2) is 79.4 Å². The number of anilines is 2. The fourth-order valence-electron chi connectivity index (χ4n) is 6.14. The minimum absolute atomic E-state index is 0.0557. The van der Waals surface area contributed by atoms with Crippen molar-refractivity contribution < 1.29 is 37.7 Å². The first-order valence-electron chi connectivity index (χ1n) is 16.2. The first-order valence-corrected chi connectivity index (χ1v) is 16.2. The third-order valence-electron chi connectivity index (χ3n) is 8.64. The SMILES string of the molecule is Cc1cnn([C@H]2C[C@@H](n3cnc4c(NCC(c5ccccc5)c5ccccc5)nc(NCCNC(=O)COC(=O)C(F)(F)F)nc43)[C@H](O)[C@@H]2O)c1. The lowest BCUT2D eigenvalue weighted by Gasteiger charge is -2.20. The van der Waals surface area contributed by atoms with Gasteiger partial charge in [0.15, 0.2) is 23.6 Å². The number of imidazole rings is 1. The van der Waals surface area contributed by atoms with E-state index in [0.29, 0.717) is 29.9 Å². The summed E-state index contributed by atoms with van der Waals surface area (Å²) >= 11 is 0. The summed E-state index contributed by atoms with van der Waals surface area (Å²) in [4.78, 5) is 36.8. The maximum Gasteiger partial charge on any atom is 0.490 e. The van der Waals surface area contributed by atoms with Crippen molar-refractivity contribution in [1.82, 2.24) is 34.6 Å². The lowest BCUT2D eigenvalue weighted by molar-refractivity contribution is -0.199. The number of aromatic nitrogens is 6. The third kappa shape index (κ3) is 8.10. The van der Waals surface area contributed by atoms with Gasteiger partial charge in [-0.3, -0.25) is 9.48 Å². The van der Waals surface area contributed by atoms with Gasteiger partial charge in [0, 0.05) is 31.7 Å². The topological polar surface area (TPSA) is 181 Å². The summed E-state index contributed by atoms with van der Waals surface area (Å²) in [6, 6.07) is 18.8. The fraction of sp³-hybridized carbons (Fsp3) is 0.353. The van der Waals surface area contributed by atoms with E-state index in [1.54, 1.807) is 28.0 Å². The predicted molar refractivity (Wildman–Crippen MR) is 179 cm³/mol. The van der Waals surface area contributed by atoms with Gasteiger partial charge in [0.1, 0.15) is 12.2 Å². The predicted octanol–water partition coefficient (Wildman–Crippen LogP) is 3.12. The van der Waals surface area contributed by atoms with Crippen molar-refractivity contribution in [3.05, 3.63) is 96.1 Å². The number of ether oxygens (including phenoxy) is 1. The average Bonchev–Trinajstić information content (AvgIpc) is 3.83. The number of alkyl halides is 3. The molecule has 51 heavy (non-hydrogen) atoms. The largest absolute Gasteiger partial charge is 0.490 e. The Kier molecular flexibility index (Phi) is 10.5. The van der Waals surface area contributed by atoms with E-state index in [1.807, 2.05) is 67.6 Å². The van der Waals surface area contributed by atoms with Crippen LogP contribution in [0.5, 0.6) is 0 Å².